The number of carboxylic acids is 1. The lowest BCUT2D eigenvalue weighted by molar-refractivity contribution is -0.119. The fourth-order valence-electron chi connectivity index (χ4n) is 4.31. The Bertz CT molecular complexity index is 1240. The number of carboxylic acid groups (broad SMARTS) is 1. The maximum Gasteiger partial charge on any atom is 0.407 e. The fraction of sp³-hybridized carbons (Fsp3) is 0.222. The number of halogens is 1. The molecule has 8 heteroatoms. The molecule has 180 valence electrons. The largest absolute Gasteiger partial charge is 0.478 e. The Morgan fingerprint density at radius 1 is 0.971 bits per heavy atom. The van der Waals surface area contributed by atoms with Gasteiger partial charge in [-0.1, -0.05) is 78.3 Å². The van der Waals surface area contributed by atoms with Gasteiger partial charge in [0, 0.05) is 16.1 Å². The Morgan fingerprint density at radius 2 is 1.57 bits per heavy atom. The summed E-state index contributed by atoms with van der Waals surface area (Å²) in [6.07, 6.45) is -0.693. The summed E-state index contributed by atoms with van der Waals surface area (Å²) in [6.45, 7) is 3.75. The van der Waals surface area contributed by atoms with Crippen molar-refractivity contribution in [2.24, 2.45) is 5.92 Å². The predicted octanol–water partition coefficient (Wildman–Crippen LogP) is 5.65. The van der Waals surface area contributed by atoms with Crippen LogP contribution < -0.4 is 10.6 Å². The van der Waals surface area contributed by atoms with Crippen molar-refractivity contribution in [2.75, 3.05) is 11.9 Å². The van der Waals surface area contributed by atoms with Crippen molar-refractivity contribution in [3.63, 3.8) is 0 Å². The van der Waals surface area contributed by atoms with Crippen LogP contribution in [0, 0.1) is 5.92 Å². The predicted molar refractivity (Wildman–Crippen MR) is 137 cm³/mol. The van der Waals surface area contributed by atoms with Crippen LogP contribution in [0.1, 0.15) is 41.3 Å². The molecule has 3 N–H and O–H groups in total. The summed E-state index contributed by atoms with van der Waals surface area (Å²) >= 11 is 3.25. The molecule has 0 aromatic heterocycles. The van der Waals surface area contributed by atoms with Gasteiger partial charge in [-0.05, 0) is 46.4 Å². The molecule has 0 aliphatic heterocycles. The van der Waals surface area contributed by atoms with Crippen molar-refractivity contribution in [1.29, 1.82) is 0 Å². The summed E-state index contributed by atoms with van der Waals surface area (Å²) < 4.78 is 6.09. The SMILES string of the molecule is CC(C)[C@H](NC(=O)OCC1c2ccccc2-c2ccccc21)C(=O)Nc1cc(Br)cc(C(=O)O)c1. The number of amides is 2. The van der Waals surface area contributed by atoms with Crippen LogP contribution >= 0.6 is 15.9 Å². The van der Waals surface area contributed by atoms with E-state index < -0.39 is 24.0 Å². The molecule has 2 amide bonds. The molecular formula is C27H25BrN2O5. The average Bonchev–Trinajstić information content (AvgIpc) is 3.14. The summed E-state index contributed by atoms with van der Waals surface area (Å²) in [5.41, 5.74) is 4.80. The monoisotopic (exact) mass is 536 g/mol. The Morgan fingerprint density at radius 3 is 2.14 bits per heavy atom. The van der Waals surface area contributed by atoms with Crippen LogP contribution in [0.2, 0.25) is 0 Å². The third-order valence-electron chi connectivity index (χ3n) is 5.98. The Balaban J connectivity index is 1.43. The molecule has 35 heavy (non-hydrogen) atoms. The summed E-state index contributed by atoms with van der Waals surface area (Å²) in [5.74, 6) is -1.90. The normalized spacial score (nSPS) is 13.0. The minimum Gasteiger partial charge on any atom is -0.478 e. The van der Waals surface area contributed by atoms with Gasteiger partial charge in [0.15, 0.2) is 0 Å². The molecule has 3 aromatic carbocycles. The van der Waals surface area contributed by atoms with E-state index in [1.165, 1.54) is 12.1 Å². The molecule has 0 saturated carbocycles. The standard InChI is InChI=1S/C27H25BrN2O5/c1-15(2)24(25(31)29-18-12-16(26(32)33)11-17(28)13-18)30-27(34)35-14-23-21-9-5-3-7-19(21)20-8-4-6-10-22(20)23/h3-13,15,23-24H,14H2,1-2H3,(H,29,31)(H,30,34)(H,32,33)/t24-/m0/s1. The number of ether oxygens (including phenoxy) is 1. The van der Waals surface area contributed by atoms with Crippen LogP contribution in [0.5, 0.6) is 0 Å². The fourth-order valence-corrected chi connectivity index (χ4v) is 4.80. The van der Waals surface area contributed by atoms with Crippen LogP contribution in [-0.4, -0.2) is 35.7 Å². The van der Waals surface area contributed by atoms with Gasteiger partial charge in [-0.15, -0.1) is 0 Å². The number of benzene rings is 3. The van der Waals surface area contributed by atoms with E-state index in [0.717, 1.165) is 22.3 Å². The summed E-state index contributed by atoms with van der Waals surface area (Å²) in [5, 5.41) is 14.6. The van der Waals surface area contributed by atoms with E-state index in [1.54, 1.807) is 19.9 Å². The number of fused-ring (bicyclic) bond motifs is 3. The molecule has 0 saturated heterocycles. The summed E-state index contributed by atoms with van der Waals surface area (Å²) in [6, 6.07) is 19.6. The molecule has 3 aromatic rings. The highest BCUT2D eigenvalue weighted by atomic mass is 79.9. The molecule has 0 fully saturated rings. The second-order valence-electron chi connectivity index (χ2n) is 8.71. The first-order valence-electron chi connectivity index (χ1n) is 11.2. The number of carbonyl (C=O) groups excluding carboxylic acids is 2. The number of carbonyl (C=O) groups is 3. The number of alkyl carbamates (subject to hydrolysis) is 1. The van der Waals surface area contributed by atoms with Crippen molar-refractivity contribution in [2.45, 2.75) is 25.8 Å². The molecule has 0 spiro atoms. The highest BCUT2D eigenvalue weighted by molar-refractivity contribution is 9.10. The molecule has 0 unspecified atom stereocenters. The van der Waals surface area contributed by atoms with Gasteiger partial charge < -0.3 is 20.5 Å². The van der Waals surface area contributed by atoms with Gasteiger partial charge in [-0.3, -0.25) is 4.79 Å². The second-order valence-corrected chi connectivity index (χ2v) is 9.63. The topological polar surface area (TPSA) is 105 Å². The zero-order valence-corrected chi connectivity index (χ0v) is 20.8. The van der Waals surface area contributed by atoms with E-state index in [4.69, 9.17) is 4.74 Å². The average molecular weight is 537 g/mol. The van der Waals surface area contributed by atoms with Gasteiger partial charge in [-0.2, -0.15) is 0 Å². The lowest BCUT2D eigenvalue weighted by atomic mass is 9.98. The maximum absolute atomic E-state index is 12.9. The lowest BCUT2D eigenvalue weighted by Crippen LogP contribution is -2.47. The zero-order valence-electron chi connectivity index (χ0n) is 19.2. The molecule has 1 aliphatic carbocycles. The van der Waals surface area contributed by atoms with Crippen LogP contribution in [-0.2, 0) is 9.53 Å². The van der Waals surface area contributed by atoms with E-state index in [9.17, 15) is 19.5 Å². The Labute approximate surface area is 211 Å². The first kappa shape index (κ1) is 24.5. The van der Waals surface area contributed by atoms with Crippen molar-refractivity contribution < 1.29 is 24.2 Å². The van der Waals surface area contributed by atoms with Crippen molar-refractivity contribution in [3.8, 4) is 11.1 Å². The minimum atomic E-state index is -1.11. The zero-order chi connectivity index (χ0) is 25.1. The number of hydrogen-bond donors (Lipinski definition) is 3. The molecule has 1 aliphatic rings. The third-order valence-corrected chi connectivity index (χ3v) is 6.44. The number of nitrogens with one attached hydrogen (secondary N) is 2. The summed E-state index contributed by atoms with van der Waals surface area (Å²) in [4.78, 5) is 36.9. The second kappa shape index (κ2) is 10.3. The van der Waals surface area contributed by atoms with Gasteiger partial charge in [0.05, 0.1) is 5.56 Å². The molecule has 0 radical (unpaired) electrons. The Hall–Kier alpha value is -3.65. The van der Waals surface area contributed by atoms with Gasteiger partial charge in [0.25, 0.3) is 0 Å². The van der Waals surface area contributed by atoms with E-state index in [0.29, 0.717) is 10.2 Å². The van der Waals surface area contributed by atoms with Crippen molar-refractivity contribution in [1.82, 2.24) is 5.32 Å². The van der Waals surface area contributed by atoms with Crippen LogP contribution in [0.3, 0.4) is 0 Å². The van der Waals surface area contributed by atoms with Crippen LogP contribution in [0.4, 0.5) is 10.5 Å². The molecule has 1 atom stereocenters. The summed E-state index contributed by atoms with van der Waals surface area (Å²) in [7, 11) is 0. The van der Waals surface area contributed by atoms with Crippen molar-refractivity contribution >= 4 is 39.6 Å². The van der Waals surface area contributed by atoms with Gasteiger partial charge >= 0.3 is 12.1 Å². The molecule has 7 nitrogen and oxygen atoms in total. The Kier molecular flexibility index (Phi) is 7.21. The maximum atomic E-state index is 12.9. The van der Waals surface area contributed by atoms with Crippen molar-refractivity contribution in [3.05, 3.63) is 87.9 Å². The minimum absolute atomic E-state index is 0.0280. The quantitative estimate of drug-likeness (QED) is 0.362. The number of hydrogen-bond acceptors (Lipinski definition) is 4. The molecular weight excluding hydrogens is 512 g/mol. The van der Waals surface area contributed by atoms with Gasteiger partial charge in [0.1, 0.15) is 12.6 Å². The first-order chi connectivity index (χ1) is 16.7. The molecule has 0 bridgehead atoms. The van der Waals surface area contributed by atoms with Gasteiger partial charge in [0.2, 0.25) is 5.91 Å². The molecule has 0 heterocycles. The van der Waals surface area contributed by atoms with E-state index in [-0.39, 0.29) is 24.0 Å². The van der Waals surface area contributed by atoms with Crippen LogP contribution in [0.15, 0.2) is 71.2 Å². The van der Waals surface area contributed by atoms with E-state index >= 15 is 0 Å². The number of aromatic carboxylic acids is 1. The third kappa shape index (κ3) is 5.38. The van der Waals surface area contributed by atoms with E-state index in [1.807, 2.05) is 36.4 Å². The van der Waals surface area contributed by atoms with Gasteiger partial charge in [-0.25, -0.2) is 9.59 Å². The van der Waals surface area contributed by atoms with Crippen LogP contribution in [0.25, 0.3) is 11.1 Å². The smallest absolute Gasteiger partial charge is 0.407 e. The number of anilines is 1. The van der Waals surface area contributed by atoms with E-state index in [2.05, 4.69) is 38.7 Å². The lowest BCUT2D eigenvalue weighted by Gasteiger charge is -2.22. The molecule has 4 rings (SSSR count). The first-order valence-corrected chi connectivity index (χ1v) is 12.0. The number of rotatable bonds is 7. The highest BCUT2D eigenvalue weighted by Gasteiger charge is 2.30. The highest BCUT2D eigenvalue weighted by Crippen LogP contribution is 2.44.